The third kappa shape index (κ3) is 7.08. The number of esters is 1. The van der Waals surface area contributed by atoms with Gasteiger partial charge in [0.15, 0.2) is 0 Å². The molecule has 0 spiro atoms. The quantitative estimate of drug-likeness (QED) is 0.660. The molecular formula is C21H24N2O7. The van der Waals surface area contributed by atoms with Gasteiger partial charge in [-0.25, -0.2) is 19.4 Å². The first-order valence-electron chi connectivity index (χ1n) is 9.11. The number of rotatable bonds is 7. The Labute approximate surface area is 174 Å². The van der Waals surface area contributed by atoms with Crippen LogP contribution < -0.4 is 10.1 Å². The molecule has 9 heteroatoms. The molecule has 0 bridgehead atoms. The third-order valence-electron chi connectivity index (χ3n) is 3.73. The second-order valence-electron chi connectivity index (χ2n) is 7.36. The molecule has 1 amide bonds. The molecule has 0 saturated heterocycles. The number of carboxylic acids is 1. The molecule has 0 radical (unpaired) electrons. The molecule has 0 unspecified atom stereocenters. The highest BCUT2D eigenvalue weighted by Crippen LogP contribution is 2.21. The Hall–Kier alpha value is -3.62. The van der Waals surface area contributed by atoms with E-state index in [-0.39, 0.29) is 12.3 Å². The Morgan fingerprint density at radius 3 is 2.27 bits per heavy atom. The van der Waals surface area contributed by atoms with Crippen LogP contribution in [0.25, 0.3) is 0 Å². The molecule has 30 heavy (non-hydrogen) atoms. The summed E-state index contributed by atoms with van der Waals surface area (Å²) in [6.07, 6.45) is 0.618. The molecule has 2 aromatic rings. The summed E-state index contributed by atoms with van der Waals surface area (Å²) in [5.74, 6) is -0.906. The summed E-state index contributed by atoms with van der Waals surface area (Å²) in [6, 6.07) is 8.60. The van der Waals surface area contributed by atoms with Crippen LogP contribution in [0.15, 0.2) is 42.6 Å². The molecule has 9 nitrogen and oxygen atoms in total. The maximum Gasteiger partial charge on any atom is 0.408 e. The number of aromatic nitrogens is 1. The summed E-state index contributed by atoms with van der Waals surface area (Å²) in [4.78, 5) is 38.8. The van der Waals surface area contributed by atoms with Crippen LogP contribution in [0, 0.1) is 0 Å². The Morgan fingerprint density at radius 1 is 1.10 bits per heavy atom. The number of carbonyl (C=O) groups excluding carboxylic acids is 2. The molecule has 160 valence electrons. The van der Waals surface area contributed by atoms with Crippen LogP contribution in [0.1, 0.15) is 36.7 Å². The average molecular weight is 416 g/mol. The maximum absolute atomic E-state index is 11.9. The smallest absolute Gasteiger partial charge is 0.408 e. The second-order valence-corrected chi connectivity index (χ2v) is 7.36. The van der Waals surface area contributed by atoms with Crippen molar-refractivity contribution in [2.45, 2.75) is 38.8 Å². The van der Waals surface area contributed by atoms with Crippen molar-refractivity contribution in [3.63, 3.8) is 0 Å². The fraction of sp³-hybridized carbons (Fsp3) is 0.333. The number of nitrogens with one attached hydrogen (secondary N) is 1. The summed E-state index contributed by atoms with van der Waals surface area (Å²) < 4.78 is 15.3. The molecule has 1 atom stereocenters. The summed E-state index contributed by atoms with van der Waals surface area (Å²) in [6.45, 7) is 5.08. The zero-order valence-electron chi connectivity index (χ0n) is 17.2. The van der Waals surface area contributed by atoms with Crippen LogP contribution in [0.2, 0.25) is 0 Å². The predicted octanol–water partition coefficient (Wildman–Crippen LogP) is 3.18. The molecule has 1 heterocycles. The van der Waals surface area contributed by atoms with Gasteiger partial charge in [-0.1, -0.05) is 12.1 Å². The van der Waals surface area contributed by atoms with E-state index in [0.29, 0.717) is 16.9 Å². The Morgan fingerprint density at radius 2 is 1.77 bits per heavy atom. The van der Waals surface area contributed by atoms with Gasteiger partial charge >= 0.3 is 18.0 Å². The van der Waals surface area contributed by atoms with Crippen LogP contribution in [-0.2, 0) is 20.7 Å². The highest BCUT2D eigenvalue weighted by molar-refractivity contribution is 5.88. The number of carboxylic acid groups (broad SMARTS) is 1. The van der Waals surface area contributed by atoms with Gasteiger partial charge in [0.2, 0.25) is 5.88 Å². The van der Waals surface area contributed by atoms with E-state index in [1.54, 1.807) is 45.0 Å². The monoisotopic (exact) mass is 416 g/mol. The van der Waals surface area contributed by atoms with Crippen LogP contribution >= 0.6 is 0 Å². The van der Waals surface area contributed by atoms with Crippen LogP contribution in [0.4, 0.5) is 4.79 Å². The normalized spacial score (nSPS) is 11.9. The van der Waals surface area contributed by atoms with Gasteiger partial charge in [0.25, 0.3) is 0 Å². The lowest BCUT2D eigenvalue weighted by Gasteiger charge is -2.22. The fourth-order valence-corrected chi connectivity index (χ4v) is 2.38. The fourth-order valence-electron chi connectivity index (χ4n) is 2.38. The molecule has 0 aliphatic heterocycles. The van der Waals surface area contributed by atoms with Gasteiger partial charge in [-0.15, -0.1) is 0 Å². The van der Waals surface area contributed by atoms with E-state index >= 15 is 0 Å². The Kier molecular flexibility index (Phi) is 7.35. The number of nitrogens with zero attached hydrogens (tertiary/aromatic N) is 1. The van der Waals surface area contributed by atoms with Gasteiger partial charge in [0, 0.05) is 18.7 Å². The topological polar surface area (TPSA) is 124 Å². The SMILES string of the molecule is COC(=O)c1ccc(Oc2ccc(C[C@H](NC(=O)OC(C)(C)C)C(=O)O)cc2)nc1. The van der Waals surface area contributed by atoms with Crippen LogP contribution in [-0.4, -0.2) is 46.9 Å². The second kappa shape index (κ2) is 9.73. The number of benzene rings is 1. The molecular weight excluding hydrogens is 392 g/mol. The molecule has 1 aromatic heterocycles. The number of ether oxygens (including phenoxy) is 3. The molecule has 0 saturated carbocycles. The van der Waals surface area contributed by atoms with Crippen molar-refractivity contribution < 1.29 is 33.7 Å². The van der Waals surface area contributed by atoms with Crippen molar-refractivity contribution in [2.24, 2.45) is 0 Å². The number of amides is 1. The number of hydrogen-bond acceptors (Lipinski definition) is 7. The largest absolute Gasteiger partial charge is 0.480 e. The van der Waals surface area contributed by atoms with Gasteiger partial charge in [-0.2, -0.15) is 0 Å². The zero-order valence-corrected chi connectivity index (χ0v) is 17.2. The van der Waals surface area contributed by atoms with Crippen molar-refractivity contribution in [2.75, 3.05) is 7.11 Å². The Bertz CT molecular complexity index is 887. The summed E-state index contributed by atoms with van der Waals surface area (Å²) in [5.41, 5.74) is 0.257. The highest BCUT2D eigenvalue weighted by atomic mass is 16.6. The first-order valence-corrected chi connectivity index (χ1v) is 9.11. The number of aliphatic carboxylic acids is 1. The number of alkyl carbamates (subject to hydrolysis) is 1. The zero-order chi connectivity index (χ0) is 22.3. The number of pyridine rings is 1. The minimum atomic E-state index is -1.17. The van der Waals surface area contributed by atoms with E-state index in [9.17, 15) is 19.5 Å². The summed E-state index contributed by atoms with van der Waals surface area (Å²) in [7, 11) is 1.28. The predicted molar refractivity (Wildman–Crippen MR) is 107 cm³/mol. The molecule has 0 aliphatic rings. The van der Waals surface area contributed by atoms with Crippen LogP contribution in [0.5, 0.6) is 11.6 Å². The highest BCUT2D eigenvalue weighted by Gasteiger charge is 2.24. The van der Waals surface area contributed by atoms with E-state index in [0.717, 1.165) is 0 Å². The molecule has 1 aromatic carbocycles. The standard InChI is InChI=1S/C21H24N2O7/c1-21(2,3)30-20(27)23-16(18(24)25)11-13-5-8-15(9-6-13)29-17-10-7-14(12-22-17)19(26)28-4/h5-10,12,16H,11H2,1-4H3,(H,23,27)(H,24,25)/t16-/m0/s1. The van der Waals surface area contributed by atoms with Crippen molar-refractivity contribution in [1.29, 1.82) is 0 Å². The van der Waals surface area contributed by atoms with E-state index in [1.807, 2.05) is 0 Å². The van der Waals surface area contributed by atoms with Crippen LogP contribution in [0.3, 0.4) is 0 Å². The van der Waals surface area contributed by atoms with Crippen molar-refractivity contribution >= 4 is 18.0 Å². The minimum Gasteiger partial charge on any atom is -0.480 e. The lowest BCUT2D eigenvalue weighted by atomic mass is 10.1. The van der Waals surface area contributed by atoms with E-state index < -0.39 is 29.7 Å². The lowest BCUT2D eigenvalue weighted by molar-refractivity contribution is -0.139. The number of carbonyl (C=O) groups is 3. The lowest BCUT2D eigenvalue weighted by Crippen LogP contribution is -2.44. The van der Waals surface area contributed by atoms with Gasteiger partial charge in [0.05, 0.1) is 12.7 Å². The summed E-state index contributed by atoms with van der Waals surface area (Å²) in [5, 5.41) is 11.7. The van der Waals surface area contributed by atoms with Gasteiger partial charge < -0.3 is 24.6 Å². The van der Waals surface area contributed by atoms with Gasteiger partial charge in [-0.05, 0) is 44.5 Å². The van der Waals surface area contributed by atoms with Gasteiger partial charge in [-0.3, -0.25) is 0 Å². The Balaban J connectivity index is 1.99. The van der Waals surface area contributed by atoms with Gasteiger partial charge in [0.1, 0.15) is 17.4 Å². The van der Waals surface area contributed by atoms with Crippen molar-refractivity contribution in [3.8, 4) is 11.6 Å². The molecule has 2 rings (SSSR count). The molecule has 2 N–H and O–H groups in total. The minimum absolute atomic E-state index is 0.0704. The maximum atomic E-state index is 11.9. The third-order valence-corrected chi connectivity index (χ3v) is 3.73. The van der Waals surface area contributed by atoms with E-state index in [2.05, 4.69) is 15.0 Å². The first kappa shape index (κ1) is 22.7. The van der Waals surface area contributed by atoms with E-state index in [1.165, 1.54) is 25.4 Å². The van der Waals surface area contributed by atoms with Crippen molar-refractivity contribution in [3.05, 3.63) is 53.7 Å². The number of methoxy groups -OCH3 is 1. The van der Waals surface area contributed by atoms with E-state index in [4.69, 9.17) is 9.47 Å². The molecule has 0 fully saturated rings. The number of hydrogen-bond donors (Lipinski definition) is 2. The van der Waals surface area contributed by atoms with Crippen molar-refractivity contribution in [1.82, 2.24) is 10.3 Å². The molecule has 0 aliphatic carbocycles. The summed E-state index contributed by atoms with van der Waals surface area (Å²) >= 11 is 0. The average Bonchev–Trinajstić information content (AvgIpc) is 2.67. The first-order chi connectivity index (χ1) is 14.1.